The summed E-state index contributed by atoms with van der Waals surface area (Å²) < 4.78 is 2.07. The van der Waals surface area contributed by atoms with Crippen molar-refractivity contribution in [1.82, 2.24) is 20.1 Å². The molecule has 3 heterocycles. The number of ketones is 1. The third-order valence-electron chi connectivity index (χ3n) is 3.78. The number of thiophene rings is 1. The normalized spacial score (nSPS) is 14.6. The number of fused-ring (bicyclic) bond motifs is 1. The largest absolute Gasteiger partial charge is 0.346 e. The number of Topliss-reactive ketones (excluding diaryl/α,β-unsaturated/α-hetero) is 1. The molecule has 0 aliphatic carbocycles. The Morgan fingerprint density at radius 2 is 2.27 bits per heavy atom. The van der Waals surface area contributed by atoms with Gasteiger partial charge in [-0.3, -0.25) is 9.59 Å². The third-order valence-corrected chi connectivity index (χ3v) is 4.69. The zero-order valence-corrected chi connectivity index (χ0v) is 13.2. The lowest BCUT2D eigenvalue weighted by Gasteiger charge is -2.13. The van der Waals surface area contributed by atoms with E-state index < -0.39 is 0 Å². The lowest BCUT2D eigenvalue weighted by molar-refractivity contribution is -0.121. The molecule has 1 atom stereocenters. The Hall–Kier alpha value is -2.02. The first kappa shape index (κ1) is 14.9. The fourth-order valence-corrected chi connectivity index (χ4v) is 3.35. The average Bonchev–Trinajstić information content (AvgIpc) is 3.20. The lowest BCUT2D eigenvalue weighted by Crippen LogP contribution is -2.28. The van der Waals surface area contributed by atoms with Crippen LogP contribution >= 0.6 is 11.3 Å². The summed E-state index contributed by atoms with van der Waals surface area (Å²) in [5.74, 6) is 1.67. The number of aromatic nitrogens is 3. The predicted octanol–water partition coefficient (Wildman–Crippen LogP) is 2.13. The maximum atomic E-state index is 12.0. The van der Waals surface area contributed by atoms with Crippen molar-refractivity contribution in [2.75, 3.05) is 0 Å². The van der Waals surface area contributed by atoms with Gasteiger partial charge in [0.05, 0.1) is 10.9 Å². The molecule has 116 valence electrons. The van der Waals surface area contributed by atoms with E-state index in [0.29, 0.717) is 4.88 Å². The Morgan fingerprint density at radius 1 is 1.41 bits per heavy atom. The first-order valence-corrected chi connectivity index (χ1v) is 8.31. The van der Waals surface area contributed by atoms with E-state index in [9.17, 15) is 9.59 Å². The van der Waals surface area contributed by atoms with E-state index in [1.54, 1.807) is 6.07 Å². The molecule has 1 aliphatic rings. The topological polar surface area (TPSA) is 76.9 Å². The van der Waals surface area contributed by atoms with Gasteiger partial charge in [-0.2, -0.15) is 0 Å². The molecular formula is C15H18N4O2S. The van der Waals surface area contributed by atoms with Crippen LogP contribution in [-0.2, 0) is 17.8 Å². The molecule has 0 unspecified atom stereocenters. The van der Waals surface area contributed by atoms with Gasteiger partial charge in [0.2, 0.25) is 5.91 Å². The number of nitrogens with one attached hydrogen (secondary N) is 1. The van der Waals surface area contributed by atoms with Crippen LogP contribution in [0.25, 0.3) is 0 Å². The van der Waals surface area contributed by atoms with E-state index in [2.05, 4.69) is 20.1 Å². The summed E-state index contributed by atoms with van der Waals surface area (Å²) in [5, 5.41) is 13.1. The van der Waals surface area contributed by atoms with E-state index in [-0.39, 0.29) is 30.6 Å². The quantitative estimate of drug-likeness (QED) is 0.828. The Labute approximate surface area is 132 Å². The molecule has 0 spiro atoms. The second kappa shape index (κ2) is 6.39. The van der Waals surface area contributed by atoms with Crippen LogP contribution in [0, 0.1) is 0 Å². The van der Waals surface area contributed by atoms with Gasteiger partial charge < -0.3 is 9.88 Å². The molecule has 22 heavy (non-hydrogen) atoms. The van der Waals surface area contributed by atoms with Crippen LogP contribution in [-0.4, -0.2) is 26.5 Å². The van der Waals surface area contributed by atoms with Crippen molar-refractivity contribution in [2.45, 2.75) is 45.2 Å². The van der Waals surface area contributed by atoms with E-state index in [0.717, 1.165) is 31.0 Å². The molecule has 2 aromatic heterocycles. The summed E-state index contributed by atoms with van der Waals surface area (Å²) in [6.07, 6.45) is 2.45. The number of carbonyl (C=O) groups is 2. The van der Waals surface area contributed by atoms with Crippen molar-refractivity contribution < 1.29 is 9.59 Å². The molecule has 0 radical (unpaired) electrons. The number of rotatable bonds is 6. The Bertz CT molecular complexity index is 678. The van der Waals surface area contributed by atoms with E-state index in [4.69, 9.17) is 0 Å². The van der Waals surface area contributed by atoms with Crippen molar-refractivity contribution in [1.29, 1.82) is 0 Å². The summed E-state index contributed by atoms with van der Waals surface area (Å²) in [6, 6.07) is 3.43. The first-order valence-electron chi connectivity index (χ1n) is 7.43. The second-order valence-electron chi connectivity index (χ2n) is 5.42. The van der Waals surface area contributed by atoms with Crippen molar-refractivity contribution in [3.63, 3.8) is 0 Å². The summed E-state index contributed by atoms with van der Waals surface area (Å²) in [6.45, 7) is 2.81. The lowest BCUT2D eigenvalue weighted by atomic mass is 10.2. The van der Waals surface area contributed by atoms with Gasteiger partial charge in [0.1, 0.15) is 5.82 Å². The van der Waals surface area contributed by atoms with Gasteiger partial charge in [0, 0.05) is 25.8 Å². The molecule has 1 amide bonds. The molecular weight excluding hydrogens is 300 g/mol. The maximum Gasteiger partial charge on any atom is 0.221 e. The predicted molar refractivity (Wildman–Crippen MR) is 82.8 cm³/mol. The van der Waals surface area contributed by atoms with Gasteiger partial charge in [0.25, 0.3) is 0 Å². The highest BCUT2D eigenvalue weighted by Crippen LogP contribution is 2.19. The van der Waals surface area contributed by atoms with Gasteiger partial charge in [-0.25, -0.2) is 0 Å². The van der Waals surface area contributed by atoms with Crippen LogP contribution < -0.4 is 5.32 Å². The van der Waals surface area contributed by atoms with Crippen LogP contribution in [0.1, 0.15) is 53.5 Å². The monoisotopic (exact) mass is 318 g/mol. The molecule has 0 fully saturated rings. The molecule has 0 saturated heterocycles. The Balaban J connectivity index is 1.52. The number of carbonyl (C=O) groups excluding carboxylic acids is 2. The highest BCUT2D eigenvalue weighted by molar-refractivity contribution is 7.12. The molecule has 3 rings (SSSR count). The van der Waals surface area contributed by atoms with Crippen LogP contribution in [0.3, 0.4) is 0 Å². The minimum atomic E-state index is -0.191. The third kappa shape index (κ3) is 3.09. The fourth-order valence-electron chi connectivity index (χ4n) is 2.66. The minimum Gasteiger partial charge on any atom is -0.346 e. The smallest absolute Gasteiger partial charge is 0.221 e. The van der Waals surface area contributed by atoms with Gasteiger partial charge in [-0.1, -0.05) is 6.07 Å². The fraction of sp³-hybridized carbons (Fsp3) is 0.467. The summed E-state index contributed by atoms with van der Waals surface area (Å²) in [7, 11) is 0. The van der Waals surface area contributed by atoms with Crippen molar-refractivity contribution in [3.8, 4) is 0 Å². The number of amides is 1. The SMILES string of the molecule is C[C@H](NC(=O)CCC(=O)c1cccs1)c1nnc2n1CCC2. The zero-order chi connectivity index (χ0) is 15.5. The molecule has 7 heteroatoms. The number of nitrogens with zero attached hydrogens (tertiary/aromatic N) is 3. The van der Waals surface area contributed by atoms with Crippen molar-refractivity contribution in [3.05, 3.63) is 34.0 Å². The van der Waals surface area contributed by atoms with E-state index in [1.165, 1.54) is 11.3 Å². The van der Waals surface area contributed by atoms with Gasteiger partial charge in [-0.15, -0.1) is 21.5 Å². The molecule has 2 aromatic rings. The van der Waals surface area contributed by atoms with Crippen LogP contribution in [0.4, 0.5) is 0 Å². The average molecular weight is 318 g/mol. The van der Waals surface area contributed by atoms with E-state index >= 15 is 0 Å². The van der Waals surface area contributed by atoms with Gasteiger partial charge >= 0.3 is 0 Å². The molecule has 6 nitrogen and oxygen atoms in total. The summed E-state index contributed by atoms with van der Waals surface area (Å²) >= 11 is 1.41. The highest BCUT2D eigenvalue weighted by Gasteiger charge is 2.22. The van der Waals surface area contributed by atoms with Gasteiger partial charge in [0.15, 0.2) is 11.6 Å². The van der Waals surface area contributed by atoms with Crippen molar-refractivity contribution in [2.24, 2.45) is 0 Å². The molecule has 0 saturated carbocycles. The van der Waals surface area contributed by atoms with Crippen LogP contribution in [0.15, 0.2) is 17.5 Å². The molecule has 0 aromatic carbocycles. The second-order valence-corrected chi connectivity index (χ2v) is 6.37. The van der Waals surface area contributed by atoms with Crippen LogP contribution in [0.2, 0.25) is 0 Å². The number of hydrogen-bond donors (Lipinski definition) is 1. The highest BCUT2D eigenvalue weighted by atomic mass is 32.1. The Morgan fingerprint density at radius 3 is 3.05 bits per heavy atom. The molecule has 0 bridgehead atoms. The maximum absolute atomic E-state index is 12.0. The standard InChI is InChI=1S/C15H18N4O2S/c1-10(15-18-17-13-5-2-8-19(13)15)16-14(21)7-6-11(20)12-4-3-9-22-12/h3-4,9-10H,2,5-8H2,1H3,(H,16,21)/t10-/m0/s1. The summed E-state index contributed by atoms with van der Waals surface area (Å²) in [5.41, 5.74) is 0. The summed E-state index contributed by atoms with van der Waals surface area (Å²) in [4.78, 5) is 24.6. The molecule has 1 N–H and O–H groups in total. The number of aryl methyl sites for hydroxylation is 1. The Kier molecular flexibility index (Phi) is 4.33. The first-order chi connectivity index (χ1) is 10.6. The van der Waals surface area contributed by atoms with Crippen LogP contribution in [0.5, 0.6) is 0 Å². The van der Waals surface area contributed by atoms with Crippen molar-refractivity contribution >= 4 is 23.0 Å². The van der Waals surface area contributed by atoms with E-state index in [1.807, 2.05) is 18.4 Å². The van der Waals surface area contributed by atoms with Gasteiger partial charge in [-0.05, 0) is 24.8 Å². The number of hydrogen-bond acceptors (Lipinski definition) is 5. The minimum absolute atomic E-state index is 0.0150. The zero-order valence-electron chi connectivity index (χ0n) is 12.4. The molecule has 1 aliphatic heterocycles.